The van der Waals surface area contributed by atoms with Crippen LogP contribution in [0.5, 0.6) is 11.5 Å². The van der Waals surface area contributed by atoms with E-state index in [4.69, 9.17) is 24.9 Å². The van der Waals surface area contributed by atoms with Crippen molar-refractivity contribution >= 4 is 17.9 Å². The zero-order chi connectivity index (χ0) is 22.8. The molecule has 1 aromatic carbocycles. The number of methoxy groups -OCH3 is 1. The van der Waals surface area contributed by atoms with Gasteiger partial charge in [0.2, 0.25) is 5.95 Å². The molecule has 3 aromatic rings. The van der Waals surface area contributed by atoms with E-state index in [2.05, 4.69) is 9.97 Å². The summed E-state index contributed by atoms with van der Waals surface area (Å²) >= 11 is 0. The van der Waals surface area contributed by atoms with Crippen molar-refractivity contribution in [3.05, 3.63) is 65.6 Å². The van der Waals surface area contributed by atoms with Crippen LogP contribution >= 0.6 is 0 Å². The summed E-state index contributed by atoms with van der Waals surface area (Å²) in [5, 5.41) is 0. The molecule has 1 atom stereocenters. The number of nitrogens with zero attached hydrogens (tertiary/aromatic N) is 4. The van der Waals surface area contributed by atoms with Gasteiger partial charge < -0.3 is 24.8 Å². The molecule has 168 valence electrons. The van der Waals surface area contributed by atoms with Crippen LogP contribution < -0.4 is 15.2 Å². The van der Waals surface area contributed by atoms with E-state index in [-0.39, 0.29) is 24.6 Å². The third-order valence-electron chi connectivity index (χ3n) is 5.63. The van der Waals surface area contributed by atoms with Crippen molar-refractivity contribution in [1.82, 2.24) is 19.9 Å². The minimum absolute atomic E-state index is 0.0696. The van der Waals surface area contributed by atoms with Crippen LogP contribution in [0.4, 0.5) is 5.95 Å². The number of hydrogen-bond donors (Lipinski definition) is 1. The van der Waals surface area contributed by atoms with Crippen molar-refractivity contribution in [2.45, 2.75) is 6.10 Å². The quantitative estimate of drug-likeness (QED) is 0.652. The minimum Gasteiger partial charge on any atom is -0.497 e. The summed E-state index contributed by atoms with van der Waals surface area (Å²) in [6.07, 6.45) is 4.80. The van der Waals surface area contributed by atoms with Gasteiger partial charge in [0.1, 0.15) is 24.2 Å². The van der Waals surface area contributed by atoms with Gasteiger partial charge in [0.15, 0.2) is 0 Å². The number of aromatic nitrogens is 3. The average Bonchev–Trinajstić information content (AvgIpc) is 2.88. The fraction of sp³-hybridized carbons (Fsp3) is 0.250. The summed E-state index contributed by atoms with van der Waals surface area (Å²) < 4.78 is 17.0. The fourth-order valence-electron chi connectivity index (χ4n) is 3.88. The molecule has 9 nitrogen and oxygen atoms in total. The number of anilines is 1. The molecule has 1 amide bonds. The van der Waals surface area contributed by atoms with Crippen LogP contribution in [0.15, 0.2) is 54.4 Å². The van der Waals surface area contributed by atoms with Gasteiger partial charge in [0, 0.05) is 30.1 Å². The monoisotopic (exact) mass is 445 g/mol. The number of carbonyl (C=O) groups excluding carboxylic acids is 1. The molecule has 1 fully saturated rings. The third kappa shape index (κ3) is 4.35. The highest BCUT2D eigenvalue weighted by molar-refractivity contribution is 5.99. The van der Waals surface area contributed by atoms with Crippen LogP contribution in [0, 0.1) is 0 Å². The number of ether oxygens (including phenoxy) is 3. The summed E-state index contributed by atoms with van der Waals surface area (Å²) in [6.45, 7) is 1.55. The van der Waals surface area contributed by atoms with Crippen molar-refractivity contribution < 1.29 is 19.0 Å². The number of benzene rings is 1. The molecule has 0 bridgehead atoms. The molecule has 0 unspecified atom stereocenters. The van der Waals surface area contributed by atoms with Crippen molar-refractivity contribution in [2.24, 2.45) is 0 Å². The second kappa shape index (κ2) is 8.87. The number of hydrogen-bond acceptors (Lipinski definition) is 8. The van der Waals surface area contributed by atoms with Gasteiger partial charge in [-0.25, -0.2) is 15.0 Å². The smallest absolute Gasteiger partial charge is 0.253 e. The Morgan fingerprint density at radius 2 is 2.06 bits per heavy atom. The van der Waals surface area contributed by atoms with Gasteiger partial charge in [-0.15, -0.1) is 0 Å². The molecule has 9 heteroatoms. The van der Waals surface area contributed by atoms with E-state index >= 15 is 0 Å². The number of rotatable bonds is 4. The third-order valence-corrected chi connectivity index (χ3v) is 5.63. The van der Waals surface area contributed by atoms with Gasteiger partial charge in [-0.1, -0.05) is 6.07 Å². The summed E-state index contributed by atoms with van der Waals surface area (Å²) in [5.41, 5.74) is 9.22. The Hall–Kier alpha value is -3.98. The molecule has 0 spiro atoms. The maximum absolute atomic E-state index is 13.3. The normalized spacial score (nSPS) is 17.5. The molecule has 0 radical (unpaired) electrons. The Labute approximate surface area is 190 Å². The number of fused-ring (bicyclic) bond motifs is 1. The van der Waals surface area contributed by atoms with Crippen LogP contribution in [-0.2, 0) is 9.53 Å². The Kier molecular flexibility index (Phi) is 5.62. The summed E-state index contributed by atoms with van der Waals surface area (Å²) in [6, 6.07) is 11.2. The largest absolute Gasteiger partial charge is 0.497 e. The van der Waals surface area contributed by atoms with E-state index in [0.29, 0.717) is 36.7 Å². The number of nitrogen functional groups attached to an aromatic ring is 1. The fourth-order valence-corrected chi connectivity index (χ4v) is 3.88. The number of carbonyl (C=O) groups is 1. The molecule has 2 aliphatic rings. The first-order valence-electron chi connectivity index (χ1n) is 10.6. The van der Waals surface area contributed by atoms with E-state index in [0.717, 1.165) is 22.6 Å². The molecular weight excluding hydrogens is 422 g/mol. The lowest BCUT2D eigenvalue weighted by Gasteiger charge is -2.34. The molecule has 33 heavy (non-hydrogen) atoms. The van der Waals surface area contributed by atoms with Crippen LogP contribution in [0.25, 0.3) is 17.3 Å². The van der Waals surface area contributed by atoms with E-state index in [9.17, 15) is 4.79 Å². The van der Waals surface area contributed by atoms with Gasteiger partial charge in [0.25, 0.3) is 5.91 Å². The lowest BCUT2D eigenvalue weighted by atomic mass is 10.1. The Morgan fingerprint density at radius 3 is 2.88 bits per heavy atom. The standard InChI is InChI=1S/C24H23N5O4/c1-31-18-5-6-21-15(10-18)9-16(14-33-21)23(30)29-7-8-32-22(13-29)20-4-2-3-19(28-20)17-11-26-24(25)27-12-17/h2-6,9-12,22H,7-8,13-14H2,1H3,(H2,25,26,27)/t22-/m1/s1. The first-order chi connectivity index (χ1) is 16.1. The molecule has 2 aliphatic heterocycles. The second-order valence-corrected chi connectivity index (χ2v) is 7.75. The zero-order valence-corrected chi connectivity index (χ0v) is 18.1. The maximum atomic E-state index is 13.3. The predicted octanol–water partition coefficient (Wildman–Crippen LogP) is 2.51. The van der Waals surface area contributed by atoms with Gasteiger partial charge in [-0.3, -0.25) is 4.79 Å². The topological polar surface area (TPSA) is 113 Å². The molecule has 2 aromatic heterocycles. The van der Waals surface area contributed by atoms with Crippen LogP contribution in [0.2, 0.25) is 0 Å². The first kappa shape index (κ1) is 20.9. The molecule has 0 saturated carbocycles. The lowest BCUT2D eigenvalue weighted by Crippen LogP contribution is -2.44. The predicted molar refractivity (Wildman–Crippen MR) is 121 cm³/mol. The van der Waals surface area contributed by atoms with E-state index < -0.39 is 0 Å². The number of pyridine rings is 1. The highest BCUT2D eigenvalue weighted by Gasteiger charge is 2.29. The summed E-state index contributed by atoms with van der Waals surface area (Å²) in [5.74, 6) is 1.59. The molecule has 2 N–H and O–H groups in total. The van der Waals surface area contributed by atoms with E-state index in [1.54, 1.807) is 24.4 Å². The molecule has 0 aliphatic carbocycles. The van der Waals surface area contributed by atoms with E-state index in [1.165, 1.54) is 0 Å². The second-order valence-electron chi connectivity index (χ2n) is 7.75. The summed E-state index contributed by atoms with van der Waals surface area (Å²) in [7, 11) is 1.61. The molecule has 1 saturated heterocycles. The number of nitrogens with two attached hydrogens (primary N) is 1. The average molecular weight is 445 g/mol. The SMILES string of the molecule is COc1ccc2c(c1)C=C(C(=O)N1CCO[C@@H](c3cccc(-c4cnc(N)nc4)n3)C1)CO2. The minimum atomic E-state index is -0.338. The summed E-state index contributed by atoms with van der Waals surface area (Å²) in [4.78, 5) is 27.8. The Bertz CT molecular complexity index is 1210. The molecule has 4 heterocycles. The van der Waals surface area contributed by atoms with Gasteiger partial charge in [-0.05, 0) is 36.4 Å². The lowest BCUT2D eigenvalue weighted by molar-refractivity contribution is -0.135. The zero-order valence-electron chi connectivity index (χ0n) is 18.1. The van der Waals surface area contributed by atoms with E-state index in [1.807, 2.05) is 42.5 Å². The first-order valence-corrected chi connectivity index (χ1v) is 10.6. The highest BCUT2D eigenvalue weighted by atomic mass is 16.5. The Morgan fingerprint density at radius 1 is 1.21 bits per heavy atom. The molecule has 5 rings (SSSR count). The van der Waals surface area contributed by atoms with Crippen molar-refractivity contribution in [3.63, 3.8) is 0 Å². The van der Waals surface area contributed by atoms with Gasteiger partial charge in [0.05, 0.1) is 37.2 Å². The number of morpholine rings is 1. The Balaban J connectivity index is 1.34. The number of amides is 1. The van der Waals surface area contributed by atoms with Crippen LogP contribution in [0.3, 0.4) is 0 Å². The highest BCUT2D eigenvalue weighted by Crippen LogP contribution is 2.31. The van der Waals surface area contributed by atoms with Gasteiger partial charge >= 0.3 is 0 Å². The van der Waals surface area contributed by atoms with Crippen LogP contribution in [-0.4, -0.2) is 59.2 Å². The van der Waals surface area contributed by atoms with Crippen LogP contribution in [0.1, 0.15) is 17.4 Å². The molecular formula is C24H23N5O4. The van der Waals surface area contributed by atoms with Crippen molar-refractivity contribution in [3.8, 4) is 22.8 Å². The van der Waals surface area contributed by atoms with Crippen molar-refractivity contribution in [2.75, 3.05) is 39.1 Å². The van der Waals surface area contributed by atoms with Gasteiger partial charge in [-0.2, -0.15) is 0 Å². The van der Waals surface area contributed by atoms with Crippen molar-refractivity contribution in [1.29, 1.82) is 0 Å². The maximum Gasteiger partial charge on any atom is 0.253 e.